The van der Waals surface area contributed by atoms with Crippen molar-refractivity contribution in [2.45, 2.75) is 37.1 Å². The molecule has 0 fully saturated rings. The Labute approximate surface area is 153 Å². The van der Waals surface area contributed by atoms with Crippen LogP contribution in [0.4, 0.5) is 5.69 Å². The van der Waals surface area contributed by atoms with Crippen molar-refractivity contribution in [3.05, 3.63) is 53.6 Å². The third-order valence-electron chi connectivity index (χ3n) is 4.67. The molecule has 6 nitrogen and oxygen atoms in total. The molecular weight excluding hydrogens is 352 g/mol. The highest BCUT2D eigenvalue weighted by atomic mass is 32.2. The molecule has 26 heavy (non-hydrogen) atoms. The Morgan fingerprint density at radius 2 is 1.88 bits per heavy atom. The molecule has 2 aromatic rings. The van der Waals surface area contributed by atoms with Crippen molar-refractivity contribution in [1.82, 2.24) is 4.72 Å². The Hall–Kier alpha value is -2.38. The minimum atomic E-state index is -3.72. The zero-order valence-electron chi connectivity index (χ0n) is 14.9. The number of carbonyl (C=O) groups excluding carboxylic acids is 1. The SMILES string of the molecule is CC[C@H](NS(=O)(=O)c1ccc2c(c1)[C@H](C)C(=O)N2)c1ccc(OC)cc1. The molecule has 2 N–H and O–H groups in total. The summed E-state index contributed by atoms with van der Waals surface area (Å²) in [6, 6.07) is 11.7. The quantitative estimate of drug-likeness (QED) is 0.813. The monoisotopic (exact) mass is 374 g/mol. The van der Waals surface area contributed by atoms with E-state index in [2.05, 4.69) is 10.0 Å². The Balaban J connectivity index is 1.87. The molecule has 2 atom stereocenters. The van der Waals surface area contributed by atoms with E-state index in [9.17, 15) is 13.2 Å². The Bertz CT molecular complexity index is 923. The van der Waals surface area contributed by atoms with Gasteiger partial charge in [0, 0.05) is 11.7 Å². The van der Waals surface area contributed by atoms with E-state index in [1.54, 1.807) is 38.3 Å². The van der Waals surface area contributed by atoms with Gasteiger partial charge in [-0.3, -0.25) is 4.79 Å². The van der Waals surface area contributed by atoms with Crippen LogP contribution in [0.1, 0.15) is 43.4 Å². The standard InChI is InChI=1S/C19H22N2O4S/c1-4-17(13-5-7-14(25-3)8-6-13)21-26(23,24)15-9-10-18-16(11-15)12(2)19(22)20-18/h5-12,17,21H,4H2,1-3H3,(H,20,22)/t12-,17-/m0/s1. The van der Waals surface area contributed by atoms with E-state index >= 15 is 0 Å². The van der Waals surface area contributed by atoms with Gasteiger partial charge in [-0.1, -0.05) is 19.1 Å². The molecule has 0 unspecified atom stereocenters. The number of methoxy groups -OCH3 is 1. The summed E-state index contributed by atoms with van der Waals surface area (Å²) in [5, 5.41) is 2.75. The minimum Gasteiger partial charge on any atom is -0.497 e. The van der Waals surface area contributed by atoms with Gasteiger partial charge in [-0.05, 0) is 54.8 Å². The van der Waals surface area contributed by atoms with Crippen molar-refractivity contribution in [2.24, 2.45) is 0 Å². The van der Waals surface area contributed by atoms with Crippen molar-refractivity contribution in [3.8, 4) is 5.75 Å². The number of fused-ring (bicyclic) bond motifs is 1. The first-order valence-corrected chi connectivity index (χ1v) is 9.95. The summed E-state index contributed by atoms with van der Waals surface area (Å²) in [4.78, 5) is 11.9. The van der Waals surface area contributed by atoms with Gasteiger partial charge in [0.1, 0.15) is 5.75 Å². The van der Waals surface area contributed by atoms with Crippen LogP contribution in [-0.4, -0.2) is 21.4 Å². The van der Waals surface area contributed by atoms with Crippen LogP contribution in [-0.2, 0) is 14.8 Å². The van der Waals surface area contributed by atoms with Gasteiger partial charge in [0.05, 0.1) is 17.9 Å². The molecule has 1 aliphatic rings. The Morgan fingerprint density at radius 3 is 2.50 bits per heavy atom. The van der Waals surface area contributed by atoms with E-state index in [-0.39, 0.29) is 22.8 Å². The molecule has 1 amide bonds. The fourth-order valence-electron chi connectivity index (χ4n) is 3.04. The van der Waals surface area contributed by atoms with E-state index in [1.165, 1.54) is 6.07 Å². The van der Waals surface area contributed by atoms with Gasteiger partial charge in [-0.2, -0.15) is 0 Å². The van der Waals surface area contributed by atoms with Crippen LogP contribution in [0.3, 0.4) is 0 Å². The zero-order valence-corrected chi connectivity index (χ0v) is 15.8. The Kier molecular flexibility index (Phi) is 5.02. The van der Waals surface area contributed by atoms with E-state index < -0.39 is 10.0 Å². The zero-order chi connectivity index (χ0) is 18.9. The first-order chi connectivity index (χ1) is 12.4. The van der Waals surface area contributed by atoms with Crippen LogP contribution in [0, 0.1) is 0 Å². The minimum absolute atomic E-state index is 0.118. The molecule has 138 valence electrons. The van der Waals surface area contributed by atoms with E-state index in [1.807, 2.05) is 19.1 Å². The summed E-state index contributed by atoms with van der Waals surface area (Å²) in [6.07, 6.45) is 0.604. The first-order valence-electron chi connectivity index (χ1n) is 8.46. The number of sulfonamides is 1. The van der Waals surface area contributed by atoms with Crippen LogP contribution < -0.4 is 14.8 Å². The fourth-order valence-corrected chi connectivity index (χ4v) is 4.38. The Morgan fingerprint density at radius 1 is 1.19 bits per heavy atom. The predicted octanol–water partition coefficient (Wildman–Crippen LogP) is 3.18. The molecule has 0 saturated heterocycles. The first kappa shape index (κ1) is 18.4. The number of hydrogen-bond donors (Lipinski definition) is 2. The summed E-state index contributed by atoms with van der Waals surface area (Å²) in [6.45, 7) is 3.68. The smallest absolute Gasteiger partial charge is 0.241 e. The average Bonchev–Trinajstić information content (AvgIpc) is 2.93. The molecule has 0 spiro atoms. The number of carbonyl (C=O) groups is 1. The van der Waals surface area contributed by atoms with Gasteiger partial charge < -0.3 is 10.1 Å². The van der Waals surface area contributed by atoms with Crippen molar-refractivity contribution in [3.63, 3.8) is 0 Å². The molecule has 3 rings (SSSR count). The van der Waals surface area contributed by atoms with Gasteiger partial charge in [0.2, 0.25) is 15.9 Å². The van der Waals surface area contributed by atoms with Crippen molar-refractivity contribution in [2.75, 3.05) is 12.4 Å². The summed E-state index contributed by atoms with van der Waals surface area (Å²) in [5.41, 5.74) is 2.24. The van der Waals surface area contributed by atoms with Crippen LogP contribution in [0.2, 0.25) is 0 Å². The lowest BCUT2D eigenvalue weighted by atomic mass is 10.0. The van der Waals surface area contributed by atoms with Crippen LogP contribution in [0.15, 0.2) is 47.4 Å². The van der Waals surface area contributed by atoms with Gasteiger partial charge >= 0.3 is 0 Å². The maximum absolute atomic E-state index is 12.8. The van der Waals surface area contributed by atoms with Crippen LogP contribution in [0.25, 0.3) is 0 Å². The lowest BCUT2D eigenvalue weighted by Gasteiger charge is -2.18. The number of rotatable bonds is 6. The maximum atomic E-state index is 12.8. The molecule has 0 aromatic heterocycles. The molecule has 7 heteroatoms. The number of hydrogen-bond acceptors (Lipinski definition) is 4. The highest BCUT2D eigenvalue weighted by Gasteiger charge is 2.29. The molecule has 1 heterocycles. The fraction of sp³-hybridized carbons (Fsp3) is 0.316. The molecule has 1 aliphatic heterocycles. The second-order valence-electron chi connectivity index (χ2n) is 6.32. The topological polar surface area (TPSA) is 84.5 Å². The molecule has 2 aromatic carbocycles. The van der Waals surface area contributed by atoms with E-state index in [0.29, 0.717) is 17.7 Å². The number of anilines is 1. The number of benzene rings is 2. The second-order valence-corrected chi connectivity index (χ2v) is 8.03. The largest absolute Gasteiger partial charge is 0.497 e. The highest BCUT2D eigenvalue weighted by Crippen LogP contribution is 2.34. The lowest BCUT2D eigenvalue weighted by molar-refractivity contribution is -0.116. The van der Waals surface area contributed by atoms with Crippen molar-refractivity contribution >= 4 is 21.6 Å². The predicted molar refractivity (Wildman–Crippen MR) is 99.8 cm³/mol. The molecule has 0 aliphatic carbocycles. The van der Waals surface area contributed by atoms with Gasteiger partial charge in [0.15, 0.2) is 0 Å². The average molecular weight is 374 g/mol. The molecule has 0 radical (unpaired) electrons. The van der Waals surface area contributed by atoms with Crippen LogP contribution in [0.5, 0.6) is 5.75 Å². The highest BCUT2D eigenvalue weighted by molar-refractivity contribution is 7.89. The van der Waals surface area contributed by atoms with Gasteiger partial charge in [-0.15, -0.1) is 0 Å². The third kappa shape index (κ3) is 3.45. The molecule has 0 saturated carbocycles. The van der Waals surface area contributed by atoms with Gasteiger partial charge in [0.25, 0.3) is 0 Å². The van der Waals surface area contributed by atoms with Crippen molar-refractivity contribution < 1.29 is 17.9 Å². The second kappa shape index (κ2) is 7.09. The van der Waals surface area contributed by atoms with Crippen molar-refractivity contribution in [1.29, 1.82) is 0 Å². The number of nitrogens with one attached hydrogen (secondary N) is 2. The maximum Gasteiger partial charge on any atom is 0.241 e. The van der Waals surface area contributed by atoms with Crippen LogP contribution >= 0.6 is 0 Å². The normalized spacial score (nSPS) is 17.5. The number of ether oxygens (including phenoxy) is 1. The third-order valence-corrected chi connectivity index (χ3v) is 6.14. The van der Waals surface area contributed by atoms with E-state index in [0.717, 1.165) is 11.3 Å². The van der Waals surface area contributed by atoms with E-state index in [4.69, 9.17) is 4.74 Å². The lowest BCUT2D eigenvalue weighted by Crippen LogP contribution is -2.28. The summed E-state index contributed by atoms with van der Waals surface area (Å²) >= 11 is 0. The molecular formula is C19H22N2O4S. The summed E-state index contributed by atoms with van der Waals surface area (Å²) in [7, 11) is -2.13. The van der Waals surface area contributed by atoms with Gasteiger partial charge in [-0.25, -0.2) is 13.1 Å². The number of amides is 1. The molecule has 0 bridgehead atoms. The summed E-state index contributed by atoms with van der Waals surface area (Å²) in [5.74, 6) is 0.243. The summed E-state index contributed by atoms with van der Waals surface area (Å²) < 4.78 is 33.6.